The summed E-state index contributed by atoms with van der Waals surface area (Å²) < 4.78 is 39.6. The minimum absolute atomic E-state index is 0.0782. The number of hydrogen-bond donors (Lipinski definition) is 3. The third kappa shape index (κ3) is 3.41. The van der Waals surface area contributed by atoms with Gasteiger partial charge in [0.1, 0.15) is 5.82 Å². The Balaban J connectivity index is 3.16. The second-order valence-corrected chi connectivity index (χ2v) is 6.25. The molecule has 0 aliphatic rings. The Hall–Kier alpha value is -0.700. The molecule has 0 saturated heterocycles. The van der Waals surface area contributed by atoms with Gasteiger partial charge in [-0.1, -0.05) is 6.92 Å². The lowest BCUT2D eigenvalue weighted by Crippen LogP contribution is -2.37. The maximum absolute atomic E-state index is 13.1. The molecule has 1 aromatic carbocycles. The summed E-state index contributed by atoms with van der Waals surface area (Å²) in [6.07, 6.45) is 0.435. The largest absolute Gasteiger partial charge is 0.396 e. The smallest absolute Gasteiger partial charge is 0.242 e. The Morgan fingerprint density at radius 2 is 2.17 bits per heavy atom. The summed E-state index contributed by atoms with van der Waals surface area (Å²) in [6, 6.07) is 1.43. The van der Waals surface area contributed by atoms with Gasteiger partial charge in [-0.3, -0.25) is 0 Å². The monoisotopic (exact) mass is 340 g/mol. The van der Waals surface area contributed by atoms with E-state index in [-0.39, 0.29) is 21.7 Å². The van der Waals surface area contributed by atoms with Gasteiger partial charge in [0.25, 0.3) is 0 Å². The van der Waals surface area contributed by atoms with E-state index in [1.54, 1.807) is 6.92 Å². The van der Waals surface area contributed by atoms with E-state index >= 15 is 0 Å². The van der Waals surface area contributed by atoms with Crippen LogP contribution in [0.5, 0.6) is 0 Å². The number of anilines is 1. The maximum atomic E-state index is 13.1. The molecule has 4 N–H and O–H groups in total. The second kappa shape index (κ2) is 5.96. The molecule has 0 saturated carbocycles. The average molecular weight is 341 g/mol. The number of rotatable bonds is 5. The van der Waals surface area contributed by atoms with Crippen LogP contribution in [0.2, 0.25) is 0 Å². The molecule has 1 aromatic rings. The molecular formula is C10H14BrFN2O3S. The average Bonchev–Trinajstić information content (AvgIpc) is 2.30. The van der Waals surface area contributed by atoms with Crippen LogP contribution >= 0.6 is 15.9 Å². The van der Waals surface area contributed by atoms with E-state index in [9.17, 15) is 12.8 Å². The van der Waals surface area contributed by atoms with Gasteiger partial charge in [-0.25, -0.2) is 17.5 Å². The lowest BCUT2D eigenvalue weighted by Gasteiger charge is -2.15. The Labute approximate surface area is 113 Å². The topological polar surface area (TPSA) is 92.4 Å². The van der Waals surface area contributed by atoms with E-state index in [1.807, 2.05) is 0 Å². The zero-order valence-corrected chi connectivity index (χ0v) is 12.1. The maximum Gasteiger partial charge on any atom is 0.242 e. The first-order valence-electron chi connectivity index (χ1n) is 5.19. The van der Waals surface area contributed by atoms with Gasteiger partial charge in [0.15, 0.2) is 0 Å². The highest BCUT2D eigenvalue weighted by Gasteiger charge is 2.22. The number of halogens is 2. The van der Waals surface area contributed by atoms with Crippen molar-refractivity contribution >= 4 is 31.6 Å². The predicted octanol–water partition coefficient (Wildman–Crippen LogP) is 1.22. The molecule has 0 spiro atoms. The first-order valence-corrected chi connectivity index (χ1v) is 7.47. The Bertz CT molecular complexity index is 532. The number of aliphatic hydroxyl groups is 1. The molecule has 0 radical (unpaired) electrons. The molecule has 0 heterocycles. The summed E-state index contributed by atoms with van der Waals surface area (Å²) in [4.78, 5) is -0.159. The Morgan fingerprint density at radius 3 is 2.67 bits per heavy atom. The minimum Gasteiger partial charge on any atom is -0.396 e. The molecule has 8 heteroatoms. The second-order valence-electron chi connectivity index (χ2n) is 3.71. The molecule has 0 fully saturated rings. The van der Waals surface area contributed by atoms with E-state index in [4.69, 9.17) is 10.8 Å². The zero-order valence-electron chi connectivity index (χ0n) is 9.65. The number of nitrogen functional groups attached to an aromatic ring is 1. The quantitative estimate of drug-likeness (QED) is 0.702. The van der Waals surface area contributed by atoms with E-state index < -0.39 is 21.9 Å². The summed E-state index contributed by atoms with van der Waals surface area (Å²) in [7, 11) is -3.86. The van der Waals surface area contributed by atoms with Gasteiger partial charge in [-0.15, -0.1) is 0 Å². The van der Waals surface area contributed by atoms with Crippen molar-refractivity contribution in [3.8, 4) is 0 Å². The summed E-state index contributed by atoms with van der Waals surface area (Å²) >= 11 is 2.97. The third-order valence-corrected chi connectivity index (χ3v) is 4.85. The number of sulfonamides is 1. The molecule has 18 heavy (non-hydrogen) atoms. The highest BCUT2D eigenvalue weighted by atomic mass is 79.9. The van der Waals surface area contributed by atoms with Crippen molar-refractivity contribution in [2.45, 2.75) is 24.3 Å². The third-order valence-electron chi connectivity index (χ3n) is 2.38. The SMILES string of the molecule is CC[C@@H](CO)NS(=O)(=O)c1cc(N)c(F)cc1Br. The fourth-order valence-electron chi connectivity index (χ4n) is 1.28. The van der Waals surface area contributed by atoms with E-state index in [0.717, 1.165) is 12.1 Å². The van der Waals surface area contributed by atoms with Crippen molar-refractivity contribution < 1.29 is 17.9 Å². The standard InChI is InChI=1S/C10H14BrFN2O3S/c1-2-6(5-15)14-18(16,17)10-4-9(13)8(12)3-7(10)11/h3-4,6,14-15H,2,5,13H2,1H3/t6-/m0/s1. The van der Waals surface area contributed by atoms with Crippen LogP contribution in [0.3, 0.4) is 0 Å². The summed E-state index contributed by atoms with van der Waals surface area (Å²) in [5.41, 5.74) is 5.09. The molecule has 0 aromatic heterocycles. The molecule has 0 bridgehead atoms. The van der Waals surface area contributed by atoms with E-state index in [1.165, 1.54) is 0 Å². The van der Waals surface area contributed by atoms with Crippen LogP contribution in [0.1, 0.15) is 13.3 Å². The molecule has 0 amide bonds. The van der Waals surface area contributed by atoms with Crippen LogP contribution in [0.25, 0.3) is 0 Å². The summed E-state index contributed by atoms with van der Waals surface area (Å²) in [6.45, 7) is 1.42. The Morgan fingerprint density at radius 1 is 1.56 bits per heavy atom. The van der Waals surface area contributed by atoms with Gasteiger partial charge in [0.2, 0.25) is 10.0 Å². The van der Waals surface area contributed by atoms with Crippen molar-refractivity contribution in [3.05, 3.63) is 22.4 Å². The predicted molar refractivity (Wildman–Crippen MR) is 70.0 cm³/mol. The van der Waals surface area contributed by atoms with Gasteiger partial charge >= 0.3 is 0 Å². The Kier molecular flexibility index (Phi) is 5.09. The van der Waals surface area contributed by atoms with E-state index in [2.05, 4.69) is 20.7 Å². The van der Waals surface area contributed by atoms with Crippen molar-refractivity contribution in [3.63, 3.8) is 0 Å². The van der Waals surface area contributed by atoms with Crippen LogP contribution in [0.15, 0.2) is 21.5 Å². The molecule has 102 valence electrons. The molecule has 0 aliphatic heterocycles. The van der Waals surface area contributed by atoms with Gasteiger partial charge in [-0.05, 0) is 34.5 Å². The molecule has 5 nitrogen and oxygen atoms in total. The number of aliphatic hydroxyl groups excluding tert-OH is 1. The molecule has 0 aliphatic carbocycles. The van der Waals surface area contributed by atoms with Crippen molar-refractivity contribution in [1.29, 1.82) is 0 Å². The van der Waals surface area contributed by atoms with Gasteiger partial charge in [-0.2, -0.15) is 0 Å². The molecular weight excluding hydrogens is 327 g/mol. The molecule has 0 unspecified atom stereocenters. The highest BCUT2D eigenvalue weighted by Crippen LogP contribution is 2.26. The fraction of sp³-hybridized carbons (Fsp3) is 0.400. The number of benzene rings is 1. The highest BCUT2D eigenvalue weighted by molar-refractivity contribution is 9.10. The number of hydrogen-bond acceptors (Lipinski definition) is 4. The van der Waals surface area contributed by atoms with Gasteiger partial charge in [0.05, 0.1) is 17.2 Å². The normalized spacial score (nSPS) is 13.6. The van der Waals surface area contributed by atoms with Crippen LogP contribution in [0, 0.1) is 5.82 Å². The van der Waals surface area contributed by atoms with E-state index in [0.29, 0.717) is 6.42 Å². The van der Waals surface area contributed by atoms with Crippen LogP contribution in [-0.4, -0.2) is 26.2 Å². The molecule has 1 rings (SSSR count). The zero-order chi connectivity index (χ0) is 13.9. The lowest BCUT2D eigenvalue weighted by atomic mass is 10.3. The number of nitrogens with two attached hydrogens (primary N) is 1. The lowest BCUT2D eigenvalue weighted by molar-refractivity contribution is 0.254. The van der Waals surface area contributed by atoms with Crippen molar-refractivity contribution in [2.75, 3.05) is 12.3 Å². The van der Waals surface area contributed by atoms with Crippen LogP contribution in [0.4, 0.5) is 10.1 Å². The minimum atomic E-state index is -3.86. The van der Waals surface area contributed by atoms with Gasteiger partial charge in [0, 0.05) is 10.5 Å². The summed E-state index contributed by atoms with van der Waals surface area (Å²) in [5, 5.41) is 8.98. The van der Waals surface area contributed by atoms with Crippen LogP contribution in [-0.2, 0) is 10.0 Å². The first kappa shape index (κ1) is 15.4. The molecule has 1 atom stereocenters. The number of nitrogens with one attached hydrogen (secondary N) is 1. The summed E-state index contributed by atoms with van der Waals surface area (Å²) in [5.74, 6) is -0.699. The van der Waals surface area contributed by atoms with Gasteiger partial charge < -0.3 is 10.8 Å². The first-order chi connectivity index (χ1) is 8.31. The van der Waals surface area contributed by atoms with Crippen molar-refractivity contribution in [2.24, 2.45) is 0 Å². The fourth-order valence-corrected chi connectivity index (χ4v) is 3.64. The van der Waals surface area contributed by atoms with Crippen molar-refractivity contribution in [1.82, 2.24) is 4.72 Å². The van der Waals surface area contributed by atoms with Crippen LogP contribution < -0.4 is 10.5 Å².